The number of likely N-dealkylation sites (tertiary alicyclic amines) is 1. The fraction of sp³-hybridized carbons (Fsp3) is 0.500. The Labute approximate surface area is 190 Å². The third-order valence-corrected chi connectivity index (χ3v) is 6.13. The first-order valence-corrected chi connectivity index (χ1v) is 11.9. The van der Waals surface area contributed by atoms with Crippen molar-refractivity contribution in [3.8, 4) is 11.5 Å². The highest BCUT2D eigenvalue weighted by atomic mass is 16.5. The van der Waals surface area contributed by atoms with E-state index in [4.69, 9.17) is 13.9 Å². The van der Waals surface area contributed by atoms with Gasteiger partial charge in [0.05, 0.1) is 12.7 Å². The maximum atomic E-state index is 6.17. The Morgan fingerprint density at radius 3 is 2.56 bits per heavy atom. The number of fused-ring (bicyclic) bond motifs is 1. The molecule has 32 heavy (non-hydrogen) atoms. The number of hydrogen-bond acceptors (Lipinski definition) is 6. The molecule has 0 amide bonds. The van der Waals surface area contributed by atoms with Crippen LogP contribution in [0.25, 0.3) is 11.1 Å². The monoisotopic (exact) mass is 437 g/mol. The molecule has 6 heteroatoms. The molecule has 0 atom stereocenters. The average molecular weight is 438 g/mol. The Balaban J connectivity index is 1.32. The highest BCUT2D eigenvalue weighted by Gasteiger charge is 2.21. The standard InChI is InChI=1S/C26H35N3O3/c1-4-21(5-2)31-24-12-11-19(17-25(24)30-6-3)18-29-15-13-20(14-16-29)27-26-28-22-9-7-8-10-23(22)32-26/h7-12,17,20-21H,4-6,13-16,18H2,1-3H3,(H,27,28). The van der Waals surface area contributed by atoms with Crippen LogP contribution in [0.5, 0.6) is 11.5 Å². The van der Waals surface area contributed by atoms with Crippen LogP contribution >= 0.6 is 0 Å². The van der Waals surface area contributed by atoms with Crippen LogP contribution in [0, 0.1) is 0 Å². The maximum Gasteiger partial charge on any atom is 0.295 e. The minimum atomic E-state index is 0.229. The quantitative estimate of drug-likeness (QED) is 0.428. The number of nitrogens with one attached hydrogen (secondary N) is 1. The molecule has 1 aliphatic heterocycles. The molecule has 0 unspecified atom stereocenters. The summed E-state index contributed by atoms with van der Waals surface area (Å²) in [7, 11) is 0. The van der Waals surface area contributed by atoms with Crippen molar-refractivity contribution in [3.63, 3.8) is 0 Å². The number of para-hydroxylation sites is 2. The summed E-state index contributed by atoms with van der Waals surface area (Å²) in [5.74, 6) is 1.70. The van der Waals surface area contributed by atoms with Gasteiger partial charge in [0.25, 0.3) is 6.01 Å². The number of benzene rings is 2. The lowest BCUT2D eigenvalue weighted by Crippen LogP contribution is -2.38. The first-order chi connectivity index (χ1) is 15.7. The molecule has 1 aromatic heterocycles. The first-order valence-electron chi connectivity index (χ1n) is 11.9. The van der Waals surface area contributed by atoms with Gasteiger partial charge in [-0.15, -0.1) is 0 Å². The maximum absolute atomic E-state index is 6.17. The van der Waals surface area contributed by atoms with Crippen molar-refractivity contribution in [3.05, 3.63) is 48.0 Å². The summed E-state index contributed by atoms with van der Waals surface area (Å²) in [5, 5.41) is 3.48. The van der Waals surface area contributed by atoms with E-state index in [9.17, 15) is 0 Å². The number of oxazole rings is 1. The van der Waals surface area contributed by atoms with Gasteiger partial charge in [-0.3, -0.25) is 4.90 Å². The largest absolute Gasteiger partial charge is 0.490 e. The van der Waals surface area contributed by atoms with Gasteiger partial charge in [-0.25, -0.2) is 0 Å². The first kappa shape index (κ1) is 22.5. The van der Waals surface area contributed by atoms with Gasteiger partial charge < -0.3 is 19.2 Å². The number of aromatic nitrogens is 1. The molecule has 2 aromatic carbocycles. The second kappa shape index (κ2) is 10.7. The fourth-order valence-corrected chi connectivity index (χ4v) is 4.25. The van der Waals surface area contributed by atoms with Crippen molar-refractivity contribution in [1.82, 2.24) is 9.88 Å². The smallest absolute Gasteiger partial charge is 0.295 e. The molecule has 6 nitrogen and oxygen atoms in total. The molecule has 0 radical (unpaired) electrons. The Kier molecular flexibility index (Phi) is 7.53. The van der Waals surface area contributed by atoms with E-state index < -0.39 is 0 Å². The van der Waals surface area contributed by atoms with Crippen LogP contribution in [0.2, 0.25) is 0 Å². The zero-order valence-corrected chi connectivity index (χ0v) is 19.5. The van der Waals surface area contributed by atoms with E-state index >= 15 is 0 Å². The van der Waals surface area contributed by atoms with E-state index in [2.05, 4.69) is 47.2 Å². The summed E-state index contributed by atoms with van der Waals surface area (Å²) in [4.78, 5) is 7.04. The fourth-order valence-electron chi connectivity index (χ4n) is 4.25. The van der Waals surface area contributed by atoms with Gasteiger partial charge in [0.1, 0.15) is 5.52 Å². The summed E-state index contributed by atoms with van der Waals surface area (Å²) >= 11 is 0. The second-order valence-corrected chi connectivity index (χ2v) is 8.45. The van der Waals surface area contributed by atoms with Crippen molar-refractivity contribution < 1.29 is 13.9 Å². The zero-order valence-electron chi connectivity index (χ0n) is 19.5. The van der Waals surface area contributed by atoms with Gasteiger partial charge in [0.2, 0.25) is 0 Å². The molecule has 1 N–H and O–H groups in total. The lowest BCUT2D eigenvalue weighted by atomic mass is 10.0. The number of rotatable bonds is 10. The van der Waals surface area contributed by atoms with E-state index in [0.717, 1.165) is 67.9 Å². The topological polar surface area (TPSA) is 59.8 Å². The third-order valence-electron chi connectivity index (χ3n) is 6.13. The van der Waals surface area contributed by atoms with Crippen molar-refractivity contribution in [1.29, 1.82) is 0 Å². The molecule has 2 heterocycles. The number of anilines is 1. The molecule has 1 saturated heterocycles. The SMILES string of the molecule is CCOc1cc(CN2CCC(Nc3nc4ccccc4o3)CC2)ccc1OC(CC)CC. The van der Waals surface area contributed by atoms with Crippen LogP contribution in [0.15, 0.2) is 46.9 Å². The normalized spacial score (nSPS) is 15.4. The number of nitrogens with zero attached hydrogens (tertiary/aromatic N) is 2. The molecule has 4 rings (SSSR count). The lowest BCUT2D eigenvalue weighted by molar-refractivity contribution is 0.181. The molecule has 0 bridgehead atoms. The molecular formula is C26H35N3O3. The average Bonchev–Trinajstić information content (AvgIpc) is 3.22. The number of hydrogen-bond donors (Lipinski definition) is 1. The Hall–Kier alpha value is -2.73. The molecule has 1 fully saturated rings. The summed E-state index contributed by atoms with van der Waals surface area (Å²) in [6.07, 6.45) is 4.35. The number of ether oxygens (including phenoxy) is 2. The zero-order chi connectivity index (χ0) is 22.3. The summed E-state index contributed by atoms with van der Waals surface area (Å²) in [5.41, 5.74) is 2.99. The van der Waals surface area contributed by atoms with E-state index in [1.165, 1.54) is 5.56 Å². The third kappa shape index (κ3) is 5.54. The second-order valence-electron chi connectivity index (χ2n) is 8.45. The van der Waals surface area contributed by atoms with Crippen LogP contribution in [0.1, 0.15) is 52.0 Å². The molecule has 172 valence electrons. The van der Waals surface area contributed by atoms with Gasteiger partial charge >= 0.3 is 0 Å². The van der Waals surface area contributed by atoms with E-state index in [0.29, 0.717) is 18.7 Å². The molecule has 1 aliphatic rings. The minimum Gasteiger partial charge on any atom is -0.490 e. The predicted molar refractivity (Wildman–Crippen MR) is 129 cm³/mol. The van der Waals surface area contributed by atoms with Gasteiger partial charge in [0, 0.05) is 25.7 Å². The Morgan fingerprint density at radius 2 is 1.84 bits per heavy atom. The van der Waals surface area contributed by atoms with E-state index in [-0.39, 0.29) is 6.10 Å². The molecule has 3 aromatic rings. The van der Waals surface area contributed by atoms with Crippen molar-refractivity contribution in [2.75, 3.05) is 25.0 Å². The van der Waals surface area contributed by atoms with Crippen LogP contribution in [0.4, 0.5) is 6.01 Å². The highest BCUT2D eigenvalue weighted by Crippen LogP contribution is 2.31. The van der Waals surface area contributed by atoms with Crippen LogP contribution in [-0.2, 0) is 6.54 Å². The van der Waals surface area contributed by atoms with Crippen LogP contribution in [-0.4, -0.2) is 41.7 Å². The molecular weight excluding hydrogens is 402 g/mol. The highest BCUT2D eigenvalue weighted by molar-refractivity contribution is 5.74. The number of piperidine rings is 1. The van der Waals surface area contributed by atoms with Crippen LogP contribution in [0.3, 0.4) is 0 Å². The Morgan fingerprint density at radius 1 is 1.06 bits per heavy atom. The van der Waals surface area contributed by atoms with Crippen molar-refractivity contribution in [2.45, 2.75) is 65.1 Å². The summed E-state index contributed by atoms with van der Waals surface area (Å²) in [6, 6.07) is 15.3. The van der Waals surface area contributed by atoms with E-state index in [1.807, 2.05) is 31.2 Å². The molecule has 0 aliphatic carbocycles. The van der Waals surface area contributed by atoms with Gasteiger partial charge in [-0.2, -0.15) is 4.98 Å². The van der Waals surface area contributed by atoms with Crippen LogP contribution < -0.4 is 14.8 Å². The van der Waals surface area contributed by atoms with Crippen molar-refractivity contribution in [2.24, 2.45) is 0 Å². The Bertz CT molecular complexity index is 958. The summed E-state index contributed by atoms with van der Waals surface area (Å²) in [6.45, 7) is 9.96. The predicted octanol–water partition coefficient (Wildman–Crippen LogP) is 5.87. The molecule has 0 saturated carbocycles. The van der Waals surface area contributed by atoms with Gasteiger partial charge in [-0.1, -0.05) is 32.0 Å². The lowest BCUT2D eigenvalue weighted by Gasteiger charge is -2.32. The minimum absolute atomic E-state index is 0.229. The van der Waals surface area contributed by atoms with Crippen molar-refractivity contribution >= 4 is 17.1 Å². The van der Waals surface area contributed by atoms with Gasteiger partial charge in [0.15, 0.2) is 17.1 Å². The summed E-state index contributed by atoms with van der Waals surface area (Å²) < 4.78 is 17.9. The van der Waals surface area contributed by atoms with E-state index in [1.54, 1.807) is 0 Å². The molecule has 0 spiro atoms. The van der Waals surface area contributed by atoms with Gasteiger partial charge in [-0.05, 0) is 62.4 Å².